The number of morpholine rings is 1. The monoisotopic (exact) mass is 679 g/mol. The summed E-state index contributed by atoms with van der Waals surface area (Å²) in [7, 11) is 1.31. The number of esters is 1. The third-order valence-corrected chi connectivity index (χ3v) is 9.15. The number of hydrogen-bond acceptors (Lipinski definition) is 8. The summed E-state index contributed by atoms with van der Waals surface area (Å²) in [6.45, 7) is 4.33. The number of carbonyl (C=O) groups excluding carboxylic acids is 2. The van der Waals surface area contributed by atoms with Crippen LogP contribution in [0.2, 0.25) is 0 Å². The van der Waals surface area contributed by atoms with E-state index in [4.69, 9.17) is 18.9 Å². The fourth-order valence-electron chi connectivity index (χ4n) is 6.38. The summed E-state index contributed by atoms with van der Waals surface area (Å²) in [6, 6.07) is 32.4. The lowest BCUT2D eigenvalue weighted by Crippen LogP contribution is -2.47. The molecule has 0 aliphatic carbocycles. The first-order valence-corrected chi connectivity index (χ1v) is 17.1. The number of aliphatic hydroxyl groups is 1. The molecular formula is C40H45N3O7. The van der Waals surface area contributed by atoms with E-state index in [2.05, 4.69) is 27.7 Å². The highest BCUT2D eigenvalue weighted by Gasteiger charge is 2.33. The van der Waals surface area contributed by atoms with E-state index in [1.165, 1.54) is 7.11 Å². The molecule has 0 spiro atoms. The summed E-state index contributed by atoms with van der Waals surface area (Å²) in [5.41, 5.74) is 6.73. The quantitative estimate of drug-likeness (QED) is 0.173. The highest BCUT2D eigenvalue weighted by Crippen LogP contribution is 2.38. The van der Waals surface area contributed by atoms with E-state index in [1.807, 2.05) is 91.0 Å². The van der Waals surface area contributed by atoms with E-state index in [0.29, 0.717) is 6.42 Å². The Morgan fingerprint density at radius 1 is 0.840 bits per heavy atom. The standard InChI is InChI=1S/C40H45N3O7/c1-47-38(45)36(23-28-6-3-2-4-7-28)42-40(46)41-25-30-8-5-9-34(22-30)31-14-16-33(17-15-31)39-49-35(26-43-18-20-48-21-19-43)24-37(50-39)32-12-10-29(27-44)11-13-32/h2-17,22,35-37,39,44H,18-21,23-27H2,1H3,(H2,41,42,46)/t35-,36-,37+,39+/m0/s1. The Bertz CT molecular complexity index is 1680. The number of nitrogens with one attached hydrogen (secondary N) is 2. The van der Waals surface area contributed by atoms with Gasteiger partial charge in [0.25, 0.3) is 0 Å². The summed E-state index contributed by atoms with van der Waals surface area (Å²) in [5.74, 6) is -0.502. The second-order valence-corrected chi connectivity index (χ2v) is 12.7. The molecule has 0 aromatic heterocycles. The van der Waals surface area contributed by atoms with Gasteiger partial charge in [-0.15, -0.1) is 0 Å². The van der Waals surface area contributed by atoms with Crippen LogP contribution in [0.5, 0.6) is 0 Å². The number of aliphatic hydroxyl groups excluding tert-OH is 1. The topological polar surface area (TPSA) is 119 Å². The average molecular weight is 680 g/mol. The molecule has 2 aliphatic rings. The van der Waals surface area contributed by atoms with Crippen molar-refractivity contribution in [3.8, 4) is 11.1 Å². The Morgan fingerprint density at radius 3 is 2.28 bits per heavy atom. The number of hydrogen-bond donors (Lipinski definition) is 3. The summed E-state index contributed by atoms with van der Waals surface area (Å²) in [6.07, 6.45) is 0.373. The largest absolute Gasteiger partial charge is 0.467 e. The van der Waals surface area contributed by atoms with Crippen LogP contribution in [0.3, 0.4) is 0 Å². The van der Waals surface area contributed by atoms with Crippen LogP contribution in [0.25, 0.3) is 11.1 Å². The van der Waals surface area contributed by atoms with E-state index >= 15 is 0 Å². The molecule has 262 valence electrons. The SMILES string of the molecule is COC(=O)[C@H](Cc1ccccc1)NC(=O)NCc1cccc(-c2ccc([C@@H]3O[C@H](CN4CCOCC4)C[C@H](c4ccc(CO)cc4)O3)cc2)c1. The lowest BCUT2D eigenvalue weighted by Gasteiger charge is -2.39. The number of carbonyl (C=O) groups is 2. The predicted molar refractivity (Wildman–Crippen MR) is 189 cm³/mol. The molecule has 6 rings (SSSR count). The number of amides is 2. The second kappa shape index (κ2) is 17.4. The fraction of sp³-hybridized carbons (Fsp3) is 0.350. The minimum atomic E-state index is -0.805. The molecule has 3 N–H and O–H groups in total. The number of urea groups is 1. The molecule has 4 atom stereocenters. The molecule has 0 unspecified atom stereocenters. The molecule has 10 nitrogen and oxygen atoms in total. The summed E-state index contributed by atoms with van der Waals surface area (Å²) in [5, 5.41) is 15.1. The molecular weight excluding hydrogens is 634 g/mol. The van der Waals surface area contributed by atoms with E-state index in [1.54, 1.807) is 0 Å². The average Bonchev–Trinajstić information content (AvgIpc) is 3.17. The number of rotatable bonds is 12. The lowest BCUT2D eigenvalue weighted by atomic mass is 9.99. The third kappa shape index (κ3) is 9.56. The van der Waals surface area contributed by atoms with Gasteiger partial charge in [-0.1, -0.05) is 97.1 Å². The van der Waals surface area contributed by atoms with E-state index in [0.717, 1.165) is 78.2 Å². The first-order valence-electron chi connectivity index (χ1n) is 17.1. The molecule has 2 saturated heterocycles. The normalized spacial score (nSPS) is 20.1. The second-order valence-electron chi connectivity index (χ2n) is 12.7. The first-order chi connectivity index (χ1) is 24.5. The summed E-state index contributed by atoms with van der Waals surface area (Å²) >= 11 is 0. The van der Waals surface area contributed by atoms with Gasteiger partial charge in [0.15, 0.2) is 6.29 Å². The third-order valence-electron chi connectivity index (χ3n) is 9.15. The fourth-order valence-corrected chi connectivity index (χ4v) is 6.38. The molecule has 2 amide bonds. The van der Waals surface area contributed by atoms with Crippen LogP contribution in [0.1, 0.15) is 46.6 Å². The number of benzene rings is 4. The molecule has 0 bridgehead atoms. The molecule has 4 aromatic rings. The Balaban J connectivity index is 1.10. The Morgan fingerprint density at radius 2 is 1.56 bits per heavy atom. The molecule has 0 saturated carbocycles. The van der Waals surface area contributed by atoms with Crippen molar-refractivity contribution >= 4 is 12.0 Å². The van der Waals surface area contributed by atoms with Crippen LogP contribution >= 0.6 is 0 Å². The highest BCUT2D eigenvalue weighted by molar-refractivity contribution is 5.83. The van der Waals surface area contributed by atoms with Crippen molar-refractivity contribution in [2.45, 2.75) is 50.5 Å². The number of methoxy groups -OCH3 is 1. The van der Waals surface area contributed by atoms with Crippen LogP contribution in [-0.4, -0.2) is 74.1 Å². The van der Waals surface area contributed by atoms with Gasteiger partial charge in [0.05, 0.1) is 39.1 Å². The minimum absolute atomic E-state index is 0.00491. The maximum Gasteiger partial charge on any atom is 0.328 e. The van der Waals surface area contributed by atoms with E-state index < -0.39 is 24.3 Å². The molecule has 0 radical (unpaired) electrons. The zero-order valence-corrected chi connectivity index (χ0v) is 28.3. The zero-order valence-electron chi connectivity index (χ0n) is 28.3. The lowest BCUT2D eigenvalue weighted by molar-refractivity contribution is -0.253. The maximum atomic E-state index is 12.8. The van der Waals surface area contributed by atoms with Gasteiger partial charge in [0, 0.05) is 44.6 Å². The molecule has 10 heteroatoms. The van der Waals surface area contributed by atoms with Crippen LogP contribution in [0, 0.1) is 0 Å². The molecule has 2 fully saturated rings. The van der Waals surface area contributed by atoms with Gasteiger partial charge >= 0.3 is 12.0 Å². The van der Waals surface area contributed by atoms with Crippen LogP contribution in [-0.2, 0) is 43.3 Å². The first kappa shape index (κ1) is 35.3. The van der Waals surface area contributed by atoms with Gasteiger partial charge in [0.2, 0.25) is 0 Å². The van der Waals surface area contributed by atoms with E-state index in [9.17, 15) is 14.7 Å². The number of nitrogens with zero attached hydrogens (tertiary/aromatic N) is 1. The highest BCUT2D eigenvalue weighted by atomic mass is 16.7. The van der Waals surface area contributed by atoms with Gasteiger partial charge in [-0.05, 0) is 39.4 Å². The van der Waals surface area contributed by atoms with Gasteiger partial charge in [-0.25, -0.2) is 9.59 Å². The van der Waals surface area contributed by atoms with Crippen LogP contribution in [0.4, 0.5) is 4.79 Å². The van der Waals surface area contributed by atoms with Crippen molar-refractivity contribution in [2.75, 3.05) is 40.0 Å². The van der Waals surface area contributed by atoms with Crippen molar-refractivity contribution in [1.82, 2.24) is 15.5 Å². The van der Waals surface area contributed by atoms with Crippen LogP contribution in [0.15, 0.2) is 103 Å². The Hall–Kier alpha value is -4.58. The van der Waals surface area contributed by atoms with Gasteiger partial charge < -0.3 is 34.7 Å². The van der Waals surface area contributed by atoms with Crippen molar-refractivity contribution in [3.05, 3.63) is 131 Å². The van der Waals surface area contributed by atoms with Crippen molar-refractivity contribution in [2.24, 2.45) is 0 Å². The summed E-state index contributed by atoms with van der Waals surface area (Å²) in [4.78, 5) is 27.5. The van der Waals surface area contributed by atoms with Gasteiger partial charge in [-0.3, -0.25) is 4.90 Å². The number of ether oxygens (including phenoxy) is 4. The Labute approximate surface area is 293 Å². The van der Waals surface area contributed by atoms with Gasteiger partial charge in [0.1, 0.15) is 6.04 Å². The van der Waals surface area contributed by atoms with E-state index in [-0.39, 0.29) is 25.4 Å². The van der Waals surface area contributed by atoms with Gasteiger partial charge in [-0.2, -0.15) is 0 Å². The summed E-state index contributed by atoms with van der Waals surface area (Å²) < 4.78 is 23.6. The van der Waals surface area contributed by atoms with Crippen molar-refractivity contribution < 1.29 is 33.6 Å². The zero-order chi connectivity index (χ0) is 34.7. The molecule has 2 aliphatic heterocycles. The van der Waals surface area contributed by atoms with Crippen LogP contribution < -0.4 is 10.6 Å². The van der Waals surface area contributed by atoms with Crippen molar-refractivity contribution in [1.29, 1.82) is 0 Å². The molecule has 2 heterocycles. The van der Waals surface area contributed by atoms with Crippen molar-refractivity contribution in [3.63, 3.8) is 0 Å². The minimum Gasteiger partial charge on any atom is -0.467 e. The maximum absolute atomic E-state index is 12.8. The molecule has 50 heavy (non-hydrogen) atoms. The Kier molecular flexibility index (Phi) is 12.3. The molecule has 4 aromatic carbocycles. The predicted octanol–water partition coefficient (Wildman–Crippen LogP) is 5.31. The smallest absolute Gasteiger partial charge is 0.328 e.